The van der Waals surface area contributed by atoms with E-state index in [0.717, 1.165) is 22.8 Å². The number of hydrogen-bond acceptors (Lipinski definition) is 2. The van der Waals surface area contributed by atoms with E-state index >= 15 is 0 Å². The standard InChI is InChI=1S/C16H22ClN3/c1-11(13-8-6-5-7-9-13)15(18-3)10-14-12(2)19-20(4)16(14)17/h5-9,11,15,18H,10H2,1-4H3. The Morgan fingerprint density at radius 2 is 1.95 bits per heavy atom. The van der Waals surface area contributed by atoms with Crippen LogP contribution >= 0.6 is 11.6 Å². The monoisotopic (exact) mass is 291 g/mol. The molecule has 1 aromatic carbocycles. The second kappa shape index (κ2) is 6.42. The maximum absolute atomic E-state index is 6.34. The summed E-state index contributed by atoms with van der Waals surface area (Å²) in [5, 5.41) is 8.54. The van der Waals surface area contributed by atoms with Gasteiger partial charge in [0, 0.05) is 18.7 Å². The van der Waals surface area contributed by atoms with Crippen LogP contribution in [0.3, 0.4) is 0 Å². The van der Waals surface area contributed by atoms with Gasteiger partial charge in [0.25, 0.3) is 0 Å². The van der Waals surface area contributed by atoms with Gasteiger partial charge in [0.05, 0.1) is 5.69 Å². The van der Waals surface area contributed by atoms with E-state index in [2.05, 4.69) is 41.6 Å². The fourth-order valence-corrected chi connectivity index (χ4v) is 2.90. The highest BCUT2D eigenvalue weighted by Gasteiger charge is 2.21. The largest absolute Gasteiger partial charge is 0.316 e. The average molecular weight is 292 g/mol. The molecule has 0 aliphatic heterocycles. The second-order valence-electron chi connectivity index (χ2n) is 5.28. The molecule has 20 heavy (non-hydrogen) atoms. The van der Waals surface area contributed by atoms with E-state index < -0.39 is 0 Å². The molecule has 0 fully saturated rings. The number of benzene rings is 1. The SMILES string of the molecule is CNC(Cc1c(C)nn(C)c1Cl)C(C)c1ccccc1. The molecule has 2 rings (SSSR count). The molecule has 0 aliphatic rings. The molecule has 3 nitrogen and oxygen atoms in total. The Balaban J connectivity index is 2.21. The summed E-state index contributed by atoms with van der Waals surface area (Å²) in [6.45, 7) is 4.26. The van der Waals surface area contributed by atoms with Crippen molar-refractivity contribution in [1.82, 2.24) is 15.1 Å². The highest BCUT2D eigenvalue weighted by atomic mass is 35.5. The van der Waals surface area contributed by atoms with E-state index in [1.807, 2.05) is 27.1 Å². The summed E-state index contributed by atoms with van der Waals surface area (Å²) in [5.41, 5.74) is 3.49. The summed E-state index contributed by atoms with van der Waals surface area (Å²) >= 11 is 6.34. The fraction of sp³-hybridized carbons (Fsp3) is 0.438. The normalized spacial score (nSPS) is 14.2. The summed E-state index contributed by atoms with van der Waals surface area (Å²) in [6, 6.07) is 10.9. The first-order chi connectivity index (χ1) is 9.54. The first kappa shape index (κ1) is 15.1. The van der Waals surface area contributed by atoms with Crippen LogP contribution in [0.1, 0.15) is 29.7 Å². The smallest absolute Gasteiger partial charge is 0.130 e. The van der Waals surface area contributed by atoms with E-state index in [9.17, 15) is 0 Å². The Morgan fingerprint density at radius 1 is 1.30 bits per heavy atom. The molecule has 108 valence electrons. The highest BCUT2D eigenvalue weighted by Crippen LogP contribution is 2.26. The summed E-state index contributed by atoms with van der Waals surface area (Å²) in [7, 11) is 3.89. The predicted octanol–water partition coefficient (Wildman–Crippen LogP) is 3.32. The molecule has 0 spiro atoms. The maximum atomic E-state index is 6.34. The minimum atomic E-state index is 0.331. The van der Waals surface area contributed by atoms with Crippen LogP contribution in [0.25, 0.3) is 0 Å². The van der Waals surface area contributed by atoms with Gasteiger partial charge in [-0.15, -0.1) is 0 Å². The molecule has 2 unspecified atom stereocenters. The molecular weight excluding hydrogens is 270 g/mol. The predicted molar refractivity (Wildman–Crippen MR) is 84.4 cm³/mol. The first-order valence-electron chi connectivity index (χ1n) is 6.94. The molecule has 0 bridgehead atoms. The number of nitrogens with one attached hydrogen (secondary N) is 1. The van der Waals surface area contributed by atoms with Crippen LogP contribution in [-0.2, 0) is 13.5 Å². The molecule has 2 aromatic rings. The van der Waals surface area contributed by atoms with Crippen LogP contribution in [0.15, 0.2) is 30.3 Å². The molecule has 1 aromatic heterocycles. The van der Waals surface area contributed by atoms with Crippen LogP contribution < -0.4 is 5.32 Å². The number of nitrogens with zero attached hydrogens (tertiary/aromatic N) is 2. The topological polar surface area (TPSA) is 29.9 Å². The second-order valence-corrected chi connectivity index (χ2v) is 5.64. The van der Waals surface area contributed by atoms with Crippen molar-refractivity contribution in [3.8, 4) is 0 Å². The number of aryl methyl sites for hydroxylation is 2. The average Bonchev–Trinajstić information content (AvgIpc) is 2.70. The van der Waals surface area contributed by atoms with Crippen LogP contribution in [0.2, 0.25) is 5.15 Å². The van der Waals surface area contributed by atoms with Gasteiger partial charge in [-0.3, -0.25) is 4.68 Å². The number of aromatic nitrogens is 2. The van der Waals surface area contributed by atoms with Crippen molar-refractivity contribution in [3.63, 3.8) is 0 Å². The minimum absolute atomic E-state index is 0.331. The van der Waals surface area contributed by atoms with Crippen molar-refractivity contribution in [2.45, 2.75) is 32.2 Å². The van der Waals surface area contributed by atoms with Gasteiger partial charge in [-0.1, -0.05) is 48.9 Å². The molecule has 0 saturated heterocycles. The third-order valence-corrected chi connectivity index (χ3v) is 4.47. The lowest BCUT2D eigenvalue weighted by Gasteiger charge is -2.24. The zero-order valence-corrected chi connectivity index (χ0v) is 13.3. The van der Waals surface area contributed by atoms with Gasteiger partial charge in [0.2, 0.25) is 0 Å². The summed E-state index contributed by atoms with van der Waals surface area (Å²) in [5.74, 6) is 0.414. The minimum Gasteiger partial charge on any atom is -0.316 e. The Kier molecular flexibility index (Phi) is 4.84. The zero-order valence-electron chi connectivity index (χ0n) is 12.5. The number of halogens is 1. The Hall–Kier alpha value is -1.32. The van der Waals surface area contributed by atoms with Crippen LogP contribution in [0, 0.1) is 6.92 Å². The zero-order chi connectivity index (χ0) is 14.7. The van der Waals surface area contributed by atoms with Gasteiger partial charge < -0.3 is 5.32 Å². The van der Waals surface area contributed by atoms with Crippen LogP contribution in [0.5, 0.6) is 0 Å². The summed E-state index contributed by atoms with van der Waals surface area (Å²) in [4.78, 5) is 0. The van der Waals surface area contributed by atoms with Gasteiger partial charge >= 0.3 is 0 Å². The summed E-state index contributed by atoms with van der Waals surface area (Å²) < 4.78 is 1.74. The van der Waals surface area contributed by atoms with Crippen molar-refractivity contribution >= 4 is 11.6 Å². The molecule has 4 heteroatoms. The van der Waals surface area contributed by atoms with E-state index in [1.54, 1.807) is 4.68 Å². The van der Waals surface area contributed by atoms with Gasteiger partial charge in [0.1, 0.15) is 5.15 Å². The van der Waals surface area contributed by atoms with Gasteiger partial charge in [-0.25, -0.2) is 0 Å². The van der Waals surface area contributed by atoms with Crippen molar-refractivity contribution in [1.29, 1.82) is 0 Å². The van der Waals surface area contributed by atoms with Crippen molar-refractivity contribution in [2.75, 3.05) is 7.05 Å². The van der Waals surface area contributed by atoms with E-state index in [-0.39, 0.29) is 0 Å². The Morgan fingerprint density at radius 3 is 2.45 bits per heavy atom. The molecule has 2 atom stereocenters. The fourth-order valence-electron chi connectivity index (χ4n) is 2.64. The molecular formula is C16H22ClN3. The van der Waals surface area contributed by atoms with Crippen molar-refractivity contribution < 1.29 is 0 Å². The Labute approximate surface area is 126 Å². The lowest BCUT2D eigenvalue weighted by atomic mass is 9.89. The van der Waals surface area contributed by atoms with E-state index in [0.29, 0.717) is 12.0 Å². The van der Waals surface area contributed by atoms with Gasteiger partial charge in [-0.2, -0.15) is 5.10 Å². The Bertz CT molecular complexity index is 563. The van der Waals surface area contributed by atoms with E-state index in [1.165, 1.54) is 5.56 Å². The lowest BCUT2D eigenvalue weighted by Crippen LogP contribution is -2.33. The molecule has 1 heterocycles. The molecule has 0 aliphatic carbocycles. The number of hydrogen-bond donors (Lipinski definition) is 1. The van der Waals surface area contributed by atoms with Gasteiger partial charge in [0.15, 0.2) is 0 Å². The quantitative estimate of drug-likeness (QED) is 0.916. The number of likely N-dealkylation sites (N-methyl/N-ethyl adjacent to an activating group) is 1. The van der Waals surface area contributed by atoms with Crippen molar-refractivity contribution in [3.05, 3.63) is 52.3 Å². The molecule has 1 N–H and O–H groups in total. The number of rotatable bonds is 5. The molecule has 0 amide bonds. The highest BCUT2D eigenvalue weighted by molar-refractivity contribution is 6.30. The lowest BCUT2D eigenvalue weighted by molar-refractivity contribution is 0.482. The van der Waals surface area contributed by atoms with E-state index in [4.69, 9.17) is 11.6 Å². The third kappa shape index (κ3) is 3.05. The van der Waals surface area contributed by atoms with Crippen LogP contribution in [-0.4, -0.2) is 22.9 Å². The van der Waals surface area contributed by atoms with Crippen molar-refractivity contribution in [2.24, 2.45) is 7.05 Å². The molecule has 0 radical (unpaired) electrons. The van der Waals surface area contributed by atoms with Gasteiger partial charge in [-0.05, 0) is 31.9 Å². The third-order valence-electron chi connectivity index (χ3n) is 3.99. The first-order valence-corrected chi connectivity index (χ1v) is 7.32. The van der Waals surface area contributed by atoms with Crippen LogP contribution in [0.4, 0.5) is 0 Å². The molecule has 0 saturated carbocycles. The summed E-state index contributed by atoms with van der Waals surface area (Å²) in [6.07, 6.45) is 0.880. The maximum Gasteiger partial charge on any atom is 0.130 e.